The summed E-state index contributed by atoms with van der Waals surface area (Å²) in [5.74, 6) is 0. The molecule has 2 rings (SSSR count). The average molecular weight is 134 g/mol. The predicted octanol–water partition coefficient (Wildman–Crippen LogP) is 3.21. The van der Waals surface area contributed by atoms with Gasteiger partial charge < -0.3 is 0 Å². The van der Waals surface area contributed by atoms with Gasteiger partial charge in [0.25, 0.3) is 0 Å². The Kier molecular flexibility index (Phi) is 1.62. The van der Waals surface area contributed by atoms with E-state index in [9.17, 15) is 0 Å². The predicted molar refractivity (Wildman–Crippen MR) is 43.9 cm³/mol. The largest absolute Gasteiger partial charge is 0.0839 e. The Morgan fingerprint density at radius 1 is 1.00 bits per heavy atom. The van der Waals surface area contributed by atoms with E-state index in [2.05, 4.69) is 12.2 Å². The Bertz CT molecular complexity index is 184. The van der Waals surface area contributed by atoms with Crippen LogP contribution in [0.15, 0.2) is 23.3 Å². The zero-order valence-electron chi connectivity index (χ0n) is 6.40. The highest BCUT2D eigenvalue weighted by Gasteiger charge is 2.11. The first kappa shape index (κ1) is 6.21. The van der Waals surface area contributed by atoms with Crippen molar-refractivity contribution >= 4 is 0 Å². The SMILES string of the molecule is C1=CC2=C(CC1)CCCC2. The quantitative estimate of drug-likeness (QED) is 0.477. The Morgan fingerprint density at radius 3 is 2.80 bits per heavy atom. The molecule has 0 heteroatoms. The smallest absolute Gasteiger partial charge is 0.0279 e. The van der Waals surface area contributed by atoms with Crippen molar-refractivity contribution in [3.8, 4) is 0 Å². The van der Waals surface area contributed by atoms with Crippen LogP contribution in [-0.2, 0) is 0 Å². The third kappa shape index (κ3) is 1.03. The van der Waals surface area contributed by atoms with Crippen LogP contribution in [0.4, 0.5) is 0 Å². The van der Waals surface area contributed by atoms with Gasteiger partial charge in [0, 0.05) is 0 Å². The maximum atomic E-state index is 2.35. The molecule has 0 N–H and O–H groups in total. The molecule has 0 aromatic rings. The molecule has 10 heavy (non-hydrogen) atoms. The van der Waals surface area contributed by atoms with E-state index in [4.69, 9.17) is 0 Å². The van der Waals surface area contributed by atoms with Gasteiger partial charge in [-0.15, -0.1) is 0 Å². The fraction of sp³-hybridized carbons (Fsp3) is 0.600. The van der Waals surface area contributed by atoms with Crippen molar-refractivity contribution in [1.29, 1.82) is 0 Å². The molecule has 0 heterocycles. The lowest BCUT2D eigenvalue weighted by Crippen LogP contribution is -2.00. The topological polar surface area (TPSA) is 0 Å². The fourth-order valence-corrected chi connectivity index (χ4v) is 1.96. The highest BCUT2D eigenvalue weighted by atomic mass is 14.2. The van der Waals surface area contributed by atoms with Gasteiger partial charge in [0.2, 0.25) is 0 Å². The van der Waals surface area contributed by atoms with Crippen molar-refractivity contribution in [2.45, 2.75) is 38.5 Å². The van der Waals surface area contributed by atoms with E-state index in [0.29, 0.717) is 0 Å². The monoisotopic (exact) mass is 134 g/mol. The second-order valence-corrected chi connectivity index (χ2v) is 3.28. The second-order valence-electron chi connectivity index (χ2n) is 3.28. The van der Waals surface area contributed by atoms with Gasteiger partial charge in [-0.25, -0.2) is 0 Å². The van der Waals surface area contributed by atoms with Gasteiger partial charge in [0.1, 0.15) is 0 Å². The molecule has 0 saturated carbocycles. The summed E-state index contributed by atoms with van der Waals surface area (Å²) in [7, 11) is 0. The van der Waals surface area contributed by atoms with Crippen LogP contribution < -0.4 is 0 Å². The molecule has 0 aliphatic heterocycles. The van der Waals surface area contributed by atoms with Crippen molar-refractivity contribution in [3.05, 3.63) is 23.3 Å². The van der Waals surface area contributed by atoms with E-state index >= 15 is 0 Å². The van der Waals surface area contributed by atoms with Gasteiger partial charge in [0.15, 0.2) is 0 Å². The number of hydrogen-bond donors (Lipinski definition) is 0. The number of allylic oxidation sites excluding steroid dienone is 4. The zero-order chi connectivity index (χ0) is 6.81. The molecular formula is C10H14. The Balaban J connectivity index is 2.23. The van der Waals surface area contributed by atoms with Crippen LogP contribution in [0.2, 0.25) is 0 Å². The third-order valence-corrected chi connectivity index (χ3v) is 2.56. The summed E-state index contributed by atoms with van der Waals surface area (Å²) in [4.78, 5) is 0. The second kappa shape index (κ2) is 2.61. The molecule has 0 atom stereocenters. The number of rotatable bonds is 0. The third-order valence-electron chi connectivity index (χ3n) is 2.56. The summed E-state index contributed by atoms with van der Waals surface area (Å²) in [5.41, 5.74) is 3.42. The van der Waals surface area contributed by atoms with Gasteiger partial charge in [0.05, 0.1) is 0 Å². The molecular weight excluding hydrogens is 120 g/mol. The van der Waals surface area contributed by atoms with Gasteiger partial charge in [-0.3, -0.25) is 0 Å². The lowest BCUT2D eigenvalue weighted by molar-refractivity contribution is 0.650. The fourth-order valence-electron chi connectivity index (χ4n) is 1.96. The van der Waals surface area contributed by atoms with Gasteiger partial charge in [-0.2, -0.15) is 0 Å². The summed E-state index contributed by atoms with van der Waals surface area (Å²) in [5, 5.41) is 0. The Labute approximate surface area is 62.6 Å². The molecule has 0 radical (unpaired) electrons. The molecule has 0 unspecified atom stereocenters. The first-order chi connectivity index (χ1) is 4.97. The molecule has 0 aromatic carbocycles. The molecule has 0 spiro atoms. The van der Waals surface area contributed by atoms with E-state index in [1.165, 1.54) is 38.5 Å². The van der Waals surface area contributed by atoms with Crippen LogP contribution in [0.25, 0.3) is 0 Å². The van der Waals surface area contributed by atoms with Crippen molar-refractivity contribution < 1.29 is 0 Å². The minimum atomic E-state index is 1.29. The van der Waals surface area contributed by atoms with Gasteiger partial charge in [-0.05, 0) is 44.1 Å². The average Bonchev–Trinajstić information content (AvgIpc) is 2.05. The van der Waals surface area contributed by atoms with Crippen molar-refractivity contribution in [2.24, 2.45) is 0 Å². The molecule has 2 aliphatic carbocycles. The summed E-state index contributed by atoms with van der Waals surface area (Å²) in [6.45, 7) is 0. The van der Waals surface area contributed by atoms with Crippen LogP contribution >= 0.6 is 0 Å². The lowest BCUT2D eigenvalue weighted by atomic mass is 9.86. The van der Waals surface area contributed by atoms with Gasteiger partial charge >= 0.3 is 0 Å². The van der Waals surface area contributed by atoms with Gasteiger partial charge in [-0.1, -0.05) is 17.7 Å². The van der Waals surface area contributed by atoms with Crippen LogP contribution in [0.5, 0.6) is 0 Å². The number of hydrogen-bond acceptors (Lipinski definition) is 0. The maximum absolute atomic E-state index is 2.35. The van der Waals surface area contributed by atoms with Crippen molar-refractivity contribution in [1.82, 2.24) is 0 Å². The summed E-state index contributed by atoms with van der Waals surface area (Å²) >= 11 is 0. The Morgan fingerprint density at radius 2 is 1.90 bits per heavy atom. The van der Waals surface area contributed by atoms with Crippen molar-refractivity contribution in [2.75, 3.05) is 0 Å². The molecule has 2 aliphatic rings. The Hall–Kier alpha value is -0.520. The van der Waals surface area contributed by atoms with Crippen LogP contribution in [0, 0.1) is 0 Å². The summed E-state index contributed by atoms with van der Waals surface area (Å²) in [6, 6.07) is 0. The molecule has 0 amide bonds. The lowest BCUT2D eigenvalue weighted by Gasteiger charge is -2.20. The van der Waals surface area contributed by atoms with Crippen molar-refractivity contribution in [3.63, 3.8) is 0 Å². The molecule has 0 fully saturated rings. The first-order valence-corrected chi connectivity index (χ1v) is 4.34. The molecule has 0 bridgehead atoms. The zero-order valence-corrected chi connectivity index (χ0v) is 6.40. The minimum Gasteiger partial charge on any atom is -0.0839 e. The molecule has 0 saturated heterocycles. The van der Waals surface area contributed by atoms with E-state index < -0.39 is 0 Å². The first-order valence-electron chi connectivity index (χ1n) is 4.34. The van der Waals surface area contributed by atoms with Crippen LogP contribution in [-0.4, -0.2) is 0 Å². The highest BCUT2D eigenvalue weighted by Crippen LogP contribution is 2.31. The standard InChI is InChI=1S/C10H14/c1-2-6-10-8-4-3-7-9(10)5-1/h1,5H,2-4,6-8H2. The highest BCUT2D eigenvalue weighted by molar-refractivity contribution is 5.30. The summed E-state index contributed by atoms with van der Waals surface area (Å²) < 4.78 is 0. The maximum Gasteiger partial charge on any atom is -0.0279 e. The van der Waals surface area contributed by atoms with Crippen LogP contribution in [0.3, 0.4) is 0 Å². The minimum absolute atomic E-state index is 1.29. The molecule has 54 valence electrons. The molecule has 0 nitrogen and oxygen atoms in total. The van der Waals surface area contributed by atoms with Crippen LogP contribution in [0.1, 0.15) is 38.5 Å². The van der Waals surface area contributed by atoms with E-state index in [1.807, 2.05) is 0 Å². The summed E-state index contributed by atoms with van der Waals surface area (Å²) in [6.07, 6.45) is 12.9. The molecule has 0 aromatic heterocycles. The van der Waals surface area contributed by atoms with E-state index in [1.54, 1.807) is 11.1 Å². The van der Waals surface area contributed by atoms with E-state index in [-0.39, 0.29) is 0 Å². The van der Waals surface area contributed by atoms with E-state index in [0.717, 1.165) is 0 Å². The normalized spacial score (nSPS) is 24.8.